The standard InChI is InChI=1S/C55H98N8O27/c1-31(67)60-42-48(78)45(75)34(24-64)88-51(42)84-18-7-15-56-38(71)12-21-81-27-55(63-41(74)11-10-37(70)59-30-87-54(4,5)6,28-82-22-13-39(72)57-16-8-19-85-52-43(61-32(2)68)49(79)46(76)35(25-65)89-52)29-83-23-14-40(73)58-17-9-20-86-53-44(62-33(3)69)50(80)47(77)36(26-66)90-53/h34-36,42-53,64-66,75-80H,7-30H2,1-6H3,(H,56,71)(H,57,72)(H,58,73)(H,59,70)(H,60,67)(H,61,68)(H,62,69)(H,63,74)/t34?,35?,36?,42-,43-,44-,45?,46?,47?,48+,49+,50+,51?,52?,53?,55?/m0/s1. The van der Waals surface area contributed by atoms with Gasteiger partial charge in [0.05, 0.1) is 84.9 Å². The largest absolute Gasteiger partial charge is 0.394 e. The Morgan fingerprint density at radius 1 is 0.411 bits per heavy atom. The second-order valence-electron chi connectivity index (χ2n) is 22.8. The molecule has 520 valence electrons. The lowest BCUT2D eigenvalue weighted by molar-refractivity contribution is -0.270. The highest BCUT2D eigenvalue weighted by Crippen LogP contribution is 2.25. The van der Waals surface area contributed by atoms with E-state index in [0.717, 1.165) is 0 Å². The fourth-order valence-electron chi connectivity index (χ4n) is 9.14. The van der Waals surface area contributed by atoms with Gasteiger partial charge in [-0.1, -0.05) is 0 Å². The Morgan fingerprint density at radius 2 is 0.711 bits per heavy atom. The van der Waals surface area contributed by atoms with Crippen molar-refractivity contribution in [3.8, 4) is 0 Å². The van der Waals surface area contributed by atoms with Crippen LogP contribution in [0.2, 0.25) is 0 Å². The van der Waals surface area contributed by atoms with Crippen LogP contribution in [-0.2, 0) is 85.7 Å². The van der Waals surface area contributed by atoms with Gasteiger partial charge in [0.1, 0.15) is 85.3 Å². The zero-order chi connectivity index (χ0) is 67.0. The molecule has 0 aliphatic carbocycles. The summed E-state index contributed by atoms with van der Waals surface area (Å²) in [6, 6.07) is -3.48. The van der Waals surface area contributed by atoms with Crippen molar-refractivity contribution in [1.29, 1.82) is 0 Å². The molecule has 3 rings (SSSR count). The number of carbonyl (C=O) groups is 8. The van der Waals surface area contributed by atoms with Gasteiger partial charge >= 0.3 is 0 Å². The molecule has 9 unspecified atom stereocenters. The number of ether oxygens (including phenoxy) is 10. The van der Waals surface area contributed by atoms with Gasteiger partial charge in [-0.25, -0.2) is 0 Å². The maximum absolute atomic E-state index is 13.7. The van der Waals surface area contributed by atoms with Crippen LogP contribution in [0.15, 0.2) is 0 Å². The Kier molecular flexibility index (Phi) is 36.6. The second-order valence-corrected chi connectivity index (χ2v) is 22.8. The summed E-state index contributed by atoms with van der Waals surface area (Å²) in [5, 5.41) is 112. The minimum absolute atomic E-state index is 0.0449. The van der Waals surface area contributed by atoms with Crippen LogP contribution in [0.25, 0.3) is 0 Å². The van der Waals surface area contributed by atoms with E-state index in [0.29, 0.717) is 0 Å². The predicted octanol–water partition coefficient (Wildman–Crippen LogP) is -7.87. The van der Waals surface area contributed by atoms with Crippen molar-refractivity contribution in [3.05, 3.63) is 0 Å². The van der Waals surface area contributed by atoms with Gasteiger partial charge in [0.15, 0.2) is 18.9 Å². The maximum atomic E-state index is 13.7. The van der Waals surface area contributed by atoms with E-state index in [9.17, 15) is 84.3 Å². The molecule has 3 aliphatic heterocycles. The third kappa shape index (κ3) is 29.3. The first-order chi connectivity index (χ1) is 42.6. The minimum atomic E-state index is -1.59. The maximum Gasteiger partial charge on any atom is 0.222 e. The molecule has 90 heavy (non-hydrogen) atoms. The summed E-state index contributed by atoms with van der Waals surface area (Å²) in [4.78, 5) is 101. The molecule has 35 heteroatoms. The number of amides is 8. The third-order valence-corrected chi connectivity index (χ3v) is 13.8. The second kappa shape index (κ2) is 41.6. The lowest BCUT2D eigenvalue weighted by Gasteiger charge is -2.42. The molecule has 3 fully saturated rings. The number of aliphatic hydroxyl groups is 9. The summed E-state index contributed by atoms with van der Waals surface area (Å²) in [6.45, 7) is 5.28. The molecule has 35 nitrogen and oxygen atoms in total. The Morgan fingerprint density at radius 3 is 1.00 bits per heavy atom. The molecular formula is C55H98N8O27. The molecule has 0 saturated carbocycles. The van der Waals surface area contributed by atoms with Crippen molar-refractivity contribution in [2.24, 2.45) is 0 Å². The van der Waals surface area contributed by atoms with E-state index in [1.807, 2.05) is 0 Å². The number of rotatable bonds is 42. The molecule has 0 aromatic rings. The van der Waals surface area contributed by atoms with E-state index < -0.39 is 170 Å². The van der Waals surface area contributed by atoms with E-state index in [4.69, 9.17) is 47.4 Å². The summed E-state index contributed by atoms with van der Waals surface area (Å²) in [5.41, 5.74) is -2.15. The smallest absolute Gasteiger partial charge is 0.222 e. The number of aliphatic hydroxyl groups excluding tert-OH is 9. The zero-order valence-electron chi connectivity index (χ0n) is 52.0. The van der Waals surface area contributed by atoms with Crippen LogP contribution in [-0.4, -0.2) is 302 Å². The first-order valence-electron chi connectivity index (χ1n) is 29.9. The van der Waals surface area contributed by atoms with Gasteiger partial charge in [0.25, 0.3) is 0 Å². The van der Waals surface area contributed by atoms with Crippen molar-refractivity contribution in [3.63, 3.8) is 0 Å². The van der Waals surface area contributed by atoms with Crippen LogP contribution in [0, 0.1) is 0 Å². The van der Waals surface area contributed by atoms with Gasteiger partial charge in [-0.3, -0.25) is 38.4 Å². The number of carbonyl (C=O) groups excluding carboxylic acids is 8. The van der Waals surface area contributed by atoms with Crippen LogP contribution in [0.5, 0.6) is 0 Å². The van der Waals surface area contributed by atoms with Crippen molar-refractivity contribution in [2.75, 3.05) is 106 Å². The highest BCUT2D eigenvalue weighted by molar-refractivity contribution is 5.84. The zero-order valence-corrected chi connectivity index (χ0v) is 52.0. The van der Waals surface area contributed by atoms with E-state index >= 15 is 0 Å². The van der Waals surface area contributed by atoms with Crippen LogP contribution in [0.3, 0.4) is 0 Å². The monoisotopic (exact) mass is 1300 g/mol. The molecule has 17 N–H and O–H groups in total. The Balaban J connectivity index is 1.67. The number of hydrogen-bond acceptors (Lipinski definition) is 27. The lowest BCUT2D eigenvalue weighted by atomic mass is 9.97. The Labute approximate surface area is 521 Å². The predicted molar refractivity (Wildman–Crippen MR) is 307 cm³/mol. The summed E-state index contributed by atoms with van der Waals surface area (Å²) in [6.07, 6.45) is -16.9. The first-order valence-corrected chi connectivity index (χ1v) is 29.9. The molecule has 0 spiro atoms. The molecule has 0 radical (unpaired) electrons. The quantitative estimate of drug-likeness (QED) is 0.0199. The molecule has 3 heterocycles. The SMILES string of the molecule is CC(=O)N[C@@H]1C(OCCCNC(=O)CCOCC(COCCC(=O)NCCCOC2OC(CO)C(O)[C@H](O)[C@@H]2NC(C)=O)(COCCC(=O)NCCCOC2OC(CO)C(O)[C@H](O)[C@@H]2NC(C)=O)NC(=O)CCC(=O)NCOC(C)(C)C)OC(CO)C(O)[C@@H]1O. The fourth-order valence-corrected chi connectivity index (χ4v) is 9.14. The summed E-state index contributed by atoms with van der Waals surface area (Å²) >= 11 is 0. The normalized spacial score (nSPS) is 27.5. The van der Waals surface area contributed by atoms with Crippen LogP contribution in [0.4, 0.5) is 0 Å². The van der Waals surface area contributed by atoms with Crippen LogP contribution >= 0.6 is 0 Å². The van der Waals surface area contributed by atoms with E-state index in [1.54, 1.807) is 20.8 Å². The van der Waals surface area contributed by atoms with Gasteiger partial charge in [-0.05, 0) is 40.0 Å². The summed E-state index contributed by atoms with van der Waals surface area (Å²) in [5.74, 6) is -4.15. The highest BCUT2D eigenvalue weighted by atomic mass is 16.7. The van der Waals surface area contributed by atoms with E-state index in [2.05, 4.69) is 42.5 Å². The topological polar surface area (TPSA) is 507 Å². The molecule has 3 saturated heterocycles. The van der Waals surface area contributed by atoms with Gasteiger partial charge in [-0.2, -0.15) is 0 Å². The molecule has 0 aromatic heterocycles. The van der Waals surface area contributed by atoms with Gasteiger partial charge in [0, 0.05) is 72.5 Å². The molecule has 8 amide bonds. The van der Waals surface area contributed by atoms with E-state index in [1.165, 1.54) is 20.8 Å². The molecular weight excluding hydrogens is 1200 g/mol. The molecule has 3 aliphatic rings. The molecule has 0 bridgehead atoms. The van der Waals surface area contributed by atoms with Gasteiger partial charge < -0.3 is 136 Å². The van der Waals surface area contributed by atoms with E-state index in [-0.39, 0.29) is 137 Å². The number of nitrogens with one attached hydrogen (secondary N) is 8. The molecule has 0 aromatic carbocycles. The first kappa shape index (κ1) is 79.2. The fraction of sp³-hybridized carbons (Fsp3) is 0.855. The average Bonchev–Trinajstić information content (AvgIpc) is 1.38. The minimum Gasteiger partial charge on any atom is -0.394 e. The van der Waals surface area contributed by atoms with Crippen molar-refractivity contribution >= 4 is 47.3 Å². The molecule has 15 atom stereocenters. The summed E-state index contributed by atoms with van der Waals surface area (Å²) < 4.78 is 57.2. The lowest BCUT2D eigenvalue weighted by Crippen LogP contribution is -2.64. The van der Waals surface area contributed by atoms with Crippen molar-refractivity contribution in [1.82, 2.24) is 42.5 Å². The number of hydrogen-bond donors (Lipinski definition) is 17. The van der Waals surface area contributed by atoms with Crippen LogP contribution < -0.4 is 42.5 Å². The third-order valence-electron chi connectivity index (χ3n) is 13.8. The Hall–Kier alpha value is -5.00. The Bertz CT molecular complexity index is 1990. The van der Waals surface area contributed by atoms with Gasteiger partial charge in [-0.15, -0.1) is 0 Å². The van der Waals surface area contributed by atoms with Gasteiger partial charge in [0.2, 0.25) is 47.3 Å². The van der Waals surface area contributed by atoms with Crippen molar-refractivity contribution < 1.29 is 132 Å². The average molecular weight is 1300 g/mol. The highest BCUT2D eigenvalue weighted by Gasteiger charge is 2.48. The van der Waals surface area contributed by atoms with Crippen LogP contribution in [0.1, 0.15) is 92.9 Å². The summed E-state index contributed by atoms with van der Waals surface area (Å²) in [7, 11) is 0. The van der Waals surface area contributed by atoms with Crippen molar-refractivity contribution in [2.45, 2.75) is 196 Å².